The summed E-state index contributed by atoms with van der Waals surface area (Å²) in [6, 6.07) is 12.0. The van der Waals surface area contributed by atoms with E-state index in [1.807, 2.05) is 19.1 Å². The molecule has 0 heterocycles. The van der Waals surface area contributed by atoms with Crippen molar-refractivity contribution in [1.29, 1.82) is 0 Å². The van der Waals surface area contributed by atoms with Gasteiger partial charge in [-0.1, -0.05) is 35.3 Å². The second-order valence-electron chi connectivity index (χ2n) is 5.14. The van der Waals surface area contributed by atoms with Gasteiger partial charge in [-0.25, -0.2) is 0 Å². The third-order valence-electron chi connectivity index (χ3n) is 3.13. The Kier molecular flexibility index (Phi) is 8.09. The highest BCUT2D eigenvalue weighted by molar-refractivity contribution is 8.00. The summed E-state index contributed by atoms with van der Waals surface area (Å²) in [4.78, 5) is 24.0. The molecule has 0 saturated heterocycles. The van der Waals surface area contributed by atoms with Crippen molar-refractivity contribution >= 4 is 58.2 Å². The predicted octanol–water partition coefficient (Wildman–Crippen LogP) is 4.70. The second-order valence-corrected chi connectivity index (χ2v) is 6.97. The Hall–Kier alpha value is -1.89. The monoisotopic (exact) mass is 412 g/mol. The van der Waals surface area contributed by atoms with E-state index in [-0.39, 0.29) is 23.3 Å². The van der Waals surface area contributed by atoms with Crippen LogP contribution in [-0.4, -0.2) is 29.9 Å². The number of carbonyl (C=O) groups is 2. The summed E-state index contributed by atoms with van der Waals surface area (Å²) < 4.78 is 5.46. The molecule has 26 heavy (non-hydrogen) atoms. The number of hydrogen-bond donors (Lipinski definition) is 2. The molecule has 2 amide bonds. The van der Waals surface area contributed by atoms with E-state index in [1.54, 1.807) is 30.3 Å². The summed E-state index contributed by atoms with van der Waals surface area (Å²) in [5, 5.41) is 6.33. The predicted molar refractivity (Wildman–Crippen MR) is 109 cm³/mol. The molecule has 0 spiro atoms. The molecule has 0 bridgehead atoms. The van der Waals surface area contributed by atoms with Crippen LogP contribution in [0.3, 0.4) is 0 Å². The van der Waals surface area contributed by atoms with Crippen molar-refractivity contribution in [3.63, 3.8) is 0 Å². The highest BCUT2D eigenvalue weighted by Crippen LogP contribution is 2.26. The van der Waals surface area contributed by atoms with Crippen molar-refractivity contribution in [2.45, 2.75) is 6.92 Å². The molecule has 2 N–H and O–H groups in total. The fourth-order valence-electron chi connectivity index (χ4n) is 2.05. The maximum absolute atomic E-state index is 12.0. The Morgan fingerprint density at radius 3 is 2.35 bits per heavy atom. The topological polar surface area (TPSA) is 67.4 Å². The van der Waals surface area contributed by atoms with E-state index in [2.05, 4.69) is 10.6 Å². The van der Waals surface area contributed by atoms with Crippen LogP contribution in [0.5, 0.6) is 5.75 Å². The van der Waals surface area contributed by atoms with E-state index in [0.29, 0.717) is 33.8 Å². The van der Waals surface area contributed by atoms with Gasteiger partial charge in [0.25, 0.3) is 0 Å². The Balaban J connectivity index is 1.79. The van der Waals surface area contributed by atoms with Crippen LogP contribution >= 0.6 is 35.0 Å². The Morgan fingerprint density at radius 1 is 1.00 bits per heavy atom. The van der Waals surface area contributed by atoms with Crippen LogP contribution < -0.4 is 15.4 Å². The van der Waals surface area contributed by atoms with Crippen molar-refractivity contribution in [1.82, 2.24) is 0 Å². The van der Waals surface area contributed by atoms with E-state index in [1.165, 1.54) is 11.8 Å². The first-order valence-corrected chi connectivity index (χ1v) is 9.75. The number of para-hydroxylation sites is 2. The molecule has 0 unspecified atom stereocenters. The maximum atomic E-state index is 12.0. The highest BCUT2D eigenvalue weighted by Gasteiger charge is 2.10. The number of amides is 2. The molecule has 8 heteroatoms. The van der Waals surface area contributed by atoms with Gasteiger partial charge >= 0.3 is 0 Å². The van der Waals surface area contributed by atoms with Gasteiger partial charge in [-0.05, 0) is 37.3 Å². The van der Waals surface area contributed by atoms with Gasteiger partial charge in [0, 0.05) is 5.02 Å². The second kappa shape index (κ2) is 10.3. The molecule has 0 aliphatic carbocycles. The number of ether oxygens (including phenoxy) is 1. The molecule has 0 aliphatic rings. The van der Waals surface area contributed by atoms with E-state index in [0.717, 1.165) is 0 Å². The van der Waals surface area contributed by atoms with Crippen LogP contribution in [0.2, 0.25) is 10.0 Å². The molecule has 5 nitrogen and oxygen atoms in total. The standard InChI is InChI=1S/C18H18Cl2N2O3S/c1-2-25-16-6-4-3-5-14(16)21-17(23)10-26-11-18(24)22-15-9-12(19)7-8-13(15)20/h3-9H,2,10-11H2,1H3,(H,21,23)(H,22,24). The number of thioether (sulfide) groups is 1. The number of halogens is 2. The molecule has 0 radical (unpaired) electrons. The first kappa shape index (κ1) is 20.4. The number of rotatable bonds is 8. The molecule has 0 fully saturated rings. The first-order chi connectivity index (χ1) is 12.5. The number of carbonyl (C=O) groups excluding carboxylic acids is 2. The van der Waals surface area contributed by atoms with Crippen molar-refractivity contribution in [3.8, 4) is 5.75 Å². The summed E-state index contributed by atoms with van der Waals surface area (Å²) in [5.74, 6) is 0.389. The molecule has 2 rings (SSSR count). The van der Waals surface area contributed by atoms with Gasteiger partial charge < -0.3 is 15.4 Å². The van der Waals surface area contributed by atoms with E-state index in [4.69, 9.17) is 27.9 Å². The average Bonchev–Trinajstić information content (AvgIpc) is 2.60. The minimum absolute atomic E-state index is 0.114. The zero-order valence-electron chi connectivity index (χ0n) is 14.1. The molecule has 138 valence electrons. The minimum Gasteiger partial charge on any atom is -0.492 e. The Bertz CT molecular complexity index is 787. The van der Waals surface area contributed by atoms with Gasteiger partial charge in [-0.2, -0.15) is 0 Å². The molecule has 2 aromatic carbocycles. The zero-order valence-corrected chi connectivity index (χ0v) is 16.4. The highest BCUT2D eigenvalue weighted by atomic mass is 35.5. The van der Waals surface area contributed by atoms with Crippen LogP contribution in [0, 0.1) is 0 Å². The van der Waals surface area contributed by atoms with E-state index < -0.39 is 0 Å². The van der Waals surface area contributed by atoms with Crippen molar-refractivity contribution < 1.29 is 14.3 Å². The van der Waals surface area contributed by atoms with Crippen molar-refractivity contribution in [2.75, 3.05) is 28.7 Å². The Labute approximate surface area is 166 Å². The molecule has 0 atom stereocenters. The largest absolute Gasteiger partial charge is 0.492 e. The number of hydrogen-bond acceptors (Lipinski definition) is 4. The SMILES string of the molecule is CCOc1ccccc1NC(=O)CSCC(=O)Nc1cc(Cl)ccc1Cl. The molecule has 0 saturated carbocycles. The molecule has 2 aromatic rings. The van der Waals surface area contributed by atoms with Crippen molar-refractivity contribution in [3.05, 3.63) is 52.5 Å². The molecular weight excluding hydrogens is 395 g/mol. The third kappa shape index (κ3) is 6.44. The Morgan fingerprint density at radius 2 is 1.65 bits per heavy atom. The van der Waals surface area contributed by atoms with Gasteiger partial charge in [-0.15, -0.1) is 11.8 Å². The lowest BCUT2D eigenvalue weighted by Crippen LogP contribution is -2.19. The smallest absolute Gasteiger partial charge is 0.234 e. The number of benzene rings is 2. The number of anilines is 2. The zero-order chi connectivity index (χ0) is 18.9. The summed E-state index contributed by atoms with van der Waals surface area (Å²) in [5.41, 5.74) is 1.05. The summed E-state index contributed by atoms with van der Waals surface area (Å²) in [6.45, 7) is 2.38. The molecule has 0 aromatic heterocycles. The lowest BCUT2D eigenvalue weighted by atomic mass is 10.3. The quantitative estimate of drug-likeness (QED) is 0.658. The lowest BCUT2D eigenvalue weighted by molar-refractivity contribution is -0.114. The summed E-state index contributed by atoms with van der Waals surface area (Å²) in [7, 11) is 0. The molecule has 0 aliphatic heterocycles. The van der Waals surface area contributed by atoms with E-state index in [9.17, 15) is 9.59 Å². The summed E-state index contributed by atoms with van der Waals surface area (Å²) >= 11 is 13.1. The number of nitrogens with one attached hydrogen (secondary N) is 2. The van der Waals surface area contributed by atoms with Crippen LogP contribution in [0.25, 0.3) is 0 Å². The minimum atomic E-state index is -0.262. The maximum Gasteiger partial charge on any atom is 0.234 e. The first-order valence-electron chi connectivity index (χ1n) is 7.84. The molecular formula is C18H18Cl2N2O3S. The van der Waals surface area contributed by atoms with Crippen LogP contribution in [-0.2, 0) is 9.59 Å². The van der Waals surface area contributed by atoms with Gasteiger partial charge in [0.15, 0.2) is 0 Å². The van der Waals surface area contributed by atoms with Crippen LogP contribution in [0.1, 0.15) is 6.92 Å². The fraction of sp³-hybridized carbons (Fsp3) is 0.222. The van der Waals surface area contributed by atoms with Crippen LogP contribution in [0.15, 0.2) is 42.5 Å². The van der Waals surface area contributed by atoms with Gasteiger partial charge in [0.1, 0.15) is 5.75 Å². The average molecular weight is 413 g/mol. The summed E-state index contributed by atoms with van der Waals surface area (Å²) in [6.07, 6.45) is 0. The normalized spacial score (nSPS) is 10.3. The van der Waals surface area contributed by atoms with Crippen molar-refractivity contribution in [2.24, 2.45) is 0 Å². The van der Waals surface area contributed by atoms with Crippen LogP contribution in [0.4, 0.5) is 11.4 Å². The van der Waals surface area contributed by atoms with Gasteiger partial charge in [0.2, 0.25) is 11.8 Å². The lowest BCUT2D eigenvalue weighted by Gasteiger charge is -2.11. The fourth-order valence-corrected chi connectivity index (χ4v) is 3.01. The van der Waals surface area contributed by atoms with Gasteiger partial charge in [0.05, 0.1) is 34.5 Å². The van der Waals surface area contributed by atoms with Gasteiger partial charge in [-0.3, -0.25) is 9.59 Å². The van der Waals surface area contributed by atoms with E-state index >= 15 is 0 Å². The third-order valence-corrected chi connectivity index (χ3v) is 4.63.